The van der Waals surface area contributed by atoms with Gasteiger partial charge >= 0.3 is 43.7 Å². The standard InChI is InChI=1S/C14H12O2.Ca.2H/c15-14(13-9-5-2-6-10-13)16-11-12-7-3-1-4-8-12;;;/h1-10H,11H2;;;/q;+2;2*-1. The molecule has 0 aliphatic carbocycles. The molecular formula is C14H14CaO2. The molecule has 0 amide bonds. The van der Waals surface area contributed by atoms with E-state index in [1.807, 2.05) is 48.5 Å². The van der Waals surface area contributed by atoms with Gasteiger partial charge in [-0.3, -0.25) is 0 Å². The summed E-state index contributed by atoms with van der Waals surface area (Å²) in [5.74, 6) is -0.288. The van der Waals surface area contributed by atoms with Gasteiger partial charge in [0.05, 0.1) is 5.56 Å². The molecule has 0 aliphatic heterocycles. The van der Waals surface area contributed by atoms with Crippen molar-refractivity contribution in [2.45, 2.75) is 6.61 Å². The Labute approximate surface area is 134 Å². The Morgan fingerprint density at radius 1 is 0.941 bits per heavy atom. The molecule has 0 fully saturated rings. The molecule has 0 spiro atoms. The Hall–Kier alpha value is -0.830. The van der Waals surface area contributed by atoms with Gasteiger partial charge in [-0.2, -0.15) is 0 Å². The molecule has 0 radical (unpaired) electrons. The molecule has 0 aromatic heterocycles. The summed E-state index contributed by atoms with van der Waals surface area (Å²) in [6.45, 7) is 0.314. The van der Waals surface area contributed by atoms with E-state index in [1.54, 1.807) is 12.1 Å². The number of carbonyl (C=O) groups excluding carboxylic acids is 1. The Morgan fingerprint density at radius 3 is 2.06 bits per heavy atom. The van der Waals surface area contributed by atoms with E-state index in [9.17, 15) is 4.79 Å². The van der Waals surface area contributed by atoms with Crippen LogP contribution in [0, 0.1) is 0 Å². The first-order chi connectivity index (χ1) is 7.86. The van der Waals surface area contributed by atoms with Crippen LogP contribution in [-0.4, -0.2) is 43.7 Å². The number of hydrogen-bond donors (Lipinski definition) is 0. The van der Waals surface area contributed by atoms with E-state index in [0.717, 1.165) is 5.56 Å². The van der Waals surface area contributed by atoms with Crippen LogP contribution in [0.15, 0.2) is 60.7 Å². The van der Waals surface area contributed by atoms with Gasteiger partial charge in [-0.25, -0.2) is 4.79 Å². The van der Waals surface area contributed by atoms with Crippen LogP contribution in [-0.2, 0) is 11.3 Å². The van der Waals surface area contributed by atoms with E-state index < -0.39 is 0 Å². The van der Waals surface area contributed by atoms with Crippen molar-refractivity contribution in [3.8, 4) is 0 Å². The smallest absolute Gasteiger partial charge is 1.00 e. The molecule has 0 atom stereocenters. The fraction of sp³-hybridized carbons (Fsp3) is 0.0714. The van der Waals surface area contributed by atoms with E-state index in [4.69, 9.17) is 4.74 Å². The molecule has 0 N–H and O–H groups in total. The molecule has 2 aromatic rings. The van der Waals surface area contributed by atoms with Crippen molar-refractivity contribution in [2.75, 3.05) is 0 Å². The van der Waals surface area contributed by atoms with Crippen LogP contribution in [0.1, 0.15) is 18.8 Å². The van der Waals surface area contributed by atoms with Crippen LogP contribution in [0.3, 0.4) is 0 Å². The van der Waals surface area contributed by atoms with Gasteiger partial charge in [0.1, 0.15) is 6.61 Å². The summed E-state index contributed by atoms with van der Waals surface area (Å²) in [4.78, 5) is 11.6. The van der Waals surface area contributed by atoms with Crippen LogP contribution >= 0.6 is 0 Å². The SMILES string of the molecule is O=C(OCc1ccccc1)c1ccccc1.[Ca+2].[H-].[H-]. The van der Waals surface area contributed by atoms with Crippen molar-refractivity contribution in [2.24, 2.45) is 0 Å². The Kier molecular flexibility index (Phi) is 6.27. The quantitative estimate of drug-likeness (QED) is 0.622. The average molecular weight is 254 g/mol. The molecule has 2 nitrogen and oxygen atoms in total. The molecule has 0 heterocycles. The molecule has 0 aliphatic rings. The third kappa shape index (κ3) is 4.50. The van der Waals surface area contributed by atoms with Gasteiger partial charge in [0.25, 0.3) is 0 Å². The summed E-state index contributed by atoms with van der Waals surface area (Å²) < 4.78 is 5.18. The van der Waals surface area contributed by atoms with Crippen molar-refractivity contribution in [1.82, 2.24) is 0 Å². The van der Waals surface area contributed by atoms with Crippen LogP contribution in [0.2, 0.25) is 0 Å². The maximum absolute atomic E-state index is 11.6. The summed E-state index contributed by atoms with van der Waals surface area (Å²) in [6, 6.07) is 18.6. The van der Waals surface area contributed by atoms with E-state index in [-0.39, 0.29) is 46.6 Å². The summed E-state index contributed by atoms with van der Waals surface area (Å²) in [6.07, 6.45) is 0. The molecule has 2 aromatic carbocycles. The number of rotatable bonds is 3. The van der Waals surface area contributed by atoms with Crippen molar-refractivity contribution in [1.29, 1.82) is 0 Å². The minimum Gasteiger partial charge on any atom is -1.00 e. The monoisotopic (exact) mass is 254 g/mol. The molecule has 3 heteroatoms. The van der Waals surface area contributed by atoms with Gasteiger partial charge in [-0.05, 0) is 17.7 Å². The Balaban J connectivity index is 0. The molecule has 0 unspecified atom stereocenters. The van der Waals surface area contributed by atoms with E-state index in [1.165, 1.54) is 0 Å². The minimum atomic E-state index is -0.288. The van der Waals surface area contributed by atoms with Crippen molar-refractivity contribution < 1.29 is 12.4 Å². The third-order valence-corrected chi connectivity index (χ3v) is 2.22. The van der Waals surface area contributed by atoms with Gasteiger partial charge in [0, 0.05) is 0 Å². The fourth-order valence-corrected chi connectivity index (χ4v) is 1.38. The zero-order chi connectivity index (χ0) is 11.2. The van der Waals surface area contributed by atoms with Crippen LogP contribution in [0.4, 0.5) is 0 Å². The van der Waals surface area contributed by atoms with E-state index in [2.05, 4.69) is 0 Å². The number of esters is 1. The maximum atomic E-state index is 11.6. The zero-order valence-corrected chi connectivity index (χ0v) is 11.7. The normalized spacial score (nSPS) is 9.18. The van der Waals surface area contributed by atoms with Crippen molar-refractivity contribution in [3.63, 3.8) is 0 Å². The van der Waals surface area contributed by atoms with E-state index in [0.29, 0.717) is 12.2 Å². The number of hydrogen-bond acceptors (Lipinski definition) is 2. The Bertz CT molecular complexity index is 463. The molecule has 0 bridgehead atoms. The third-order valence-electron chi connectivity index (χ3n) is 2.22. The molecule has 0 saturated heterocycles. The van der Waals surface area contributed by atoms with Crippen molar-refractivity contribution >= 4 is 43.7 Å². The maximum Gasteiger partial charge on any atom is 2.00 e. The second-order valence-corrected chi connectivity index (χ2v) is 3.43. The van der Waals surface area contributed by atoms with Crippen LogP contribution in [0.5, 0.6) is 0 Å². The topological polar surface area (TPSA) is 26.3 Å². The van der Waals surface area contributed by atoms with Gasteiger partial charge in [0.15, 0.2) is 0 Å². The van der Waals surface area contributed by atoms with E-state index >= 15 is 0 Å². The summed E-state index contributed by atoms with van der Waals surface area (Å²) in [5.41, 5.74) is 1.57. The first-order valence-corrected chi connectivity index (χ1v) is 5.12. The fourth-order valence-electron chi connectivity index (χ4n) is 1.38. The largest absolute Gasteiger partial charge is 2.00 e. The first-order valence-electron chi connectivity index (χ1n) is 5.12. The summed E-state index contributed by atoms with van der Waals surface area (Å²) in [5, 5.41) is 0. The predicted molar refractivity (Wildman–Crippen MR) is 70.0 cm³/mol. The number of carbonyl (C=O) groups is 1. The van der Waals surface area contributed by atoms with Gasteiger partial charge < -0.3 is 7.59 Å². The van der Waals surface area contributed by atoms with Gasteiger partial charge in [-0.1, -0.05) is 48.5 Å². The number of ether oxygens (including phenoxy) is 1. The molecule has 84 valence electrons. The van der Waals surface area contributed by atoms with Gasteiger partial charge in [-0.15, -0.1) is 0 Å². The summed E-state index contributed by atoms with van der Waals surface area (Å²) >= 11 is 0. The zero-order valence-electron chi connectivity index (χ0n) is 11.5. The first kappa shape index (κ1) is 14.2. The second kappa shape index (κ2) is 7.49. The molecular weight excluding hydrogens is 240 g/mol. The Morgan fingerprint density at radius 2 is 1.47 bits per heavy atom. The minimum absolute atomic E-state index is 0. The second-order valence-electron chi connectivity index (χ2n) is 3.43. The van der Waals surface area contributed by atoms with Crippen LogP contribution in [0.25, 0.3) is 0 Å². The predicted octanol–water partition coefficient (Wildman–Crippen LogP) is 2.89. The number of benzene rings is 2. The van der Waals surface area contributed by atoms with Crippen molar-refractivity contribution in [3.05, 3.63) is 71.8 Å². The van der Waals surface area contributed by atoms with Gasteiger partial charge in [0.2, 0.25) is 0 Å². The summed E-state index contributed by atoms with van der Waals surface area (Å²) in [7, 11) is 0. The average Bonchev–Trinajstić information content (AvgIpc) is 2.38. The molecule has 2 rings (SSSR count). The van der Waals surface area contributed by atoms with Crippen LogP contribution < -0.4 is 0 Å². The molecule has 17 heavy (non-hydrogen) atoms. The molecule has 0 saturated carbocycles.